The fourth-order valence-corrected chi connectivity index (χ4v) is 1.70. The van der Waals surface area contributed by atoms with Crippen LogP contribution in [0.15, 0.2) is 24.3 Å². The molecule has 1 aromatic rings. The first kappa shape index (κ1) is 16.9. The van der Waals surface area contributed by atoms with Crippen LogP contribution in [-0.2, 0) is 6.42 Å². The summed E-state index contributed by atoms with van der Waals surface area (Å²) in [5.74, 6) is -0.0230. The second-order valence-corrected chi connectivity index (χ2v) is 4.61. The highest BCUT2D eigenvalue weighted by molar-refractivity contribution is 5.93. The number of amides is 1. The molecule has 0 bridgehead atoms. The van der Waals surface area contributed by atoms with E-state index in [1.807, 2.05) is 26.2 Å². The molecule has 0 heterocycles. The Morgan fingerprint density at radius 2 is 1.78 bits per heavy atom. The van der Waals surface area contributed by atoms with Gasteiger partial charge in [0.15, 0.2) is 0 Å². The van der Waals surface area contributed by atoms with Crippen LogP contribution in [0.5, 0.6) is 0 Å². The number of benzene rings is 1. The highest BCUT2D eigenvalue weighted by Gasteiger charge is 2.07. The maximum Gasteiger partial charge on any atom is 0.295 e. The molecular formula is C14H23ClN2O. The third-order valence-corrected chi connectivity index (χ3v) is 2.65. The van der Waals surface area contributed by atoms with Crippen molar-refractivity contribution in [2.45, 2.75) is 32.6 Å². The van der Waals surface area contributed by atoms with Crippen LogP contribution in [0.2, 0.25) is 0 Å². The number of unbranched alkanes of at least 4 members (excludes halogenated alkanes) is 2. The Hall–Kier alpha value is -1.06. The molecule has 0 unspecified atom stereocenters. The van der Waals surface area contributed by atoms with E-state index in [0.717, 1.165) is 17.0 Å². The Kier molecular flexibility index (Phi) is 8.42. The van der Waals surface area contributed by atoms with Crippen LogP contribution in [0.25, 0.3) is 0 Å². The van der Waals surface area contributed by atoms with E-state index >= 15 is 0 Å². The van der Waals surface area contributed by atoms with E-state index in [1.165, 1.54) is 24.8 Å². The summed E-state index contributed by atoms with van der Waals surface area (Å²) >= 11 is 0. The highest BCUT2D eigenvalue weighted by Crippen LogP contribution is 2.08. The van der Waals surface area contributed by atoms with Crippen molar-refractivity contribution in [1.82, 2.24) is 5.43 Å². The fourth-order valence-electron chi connectivity index (χ4n) is 1.70. The van der Waals surface area contributed by atoms with Gasteiger partial charge in [0, 0.05) is 5.56 Å². The van der Waals surface area contributed by atoms with Crippen molar-refractivity contribution >= 4 is 5.91 Å². The standard InChI is InChI=1S/C14H22N2O.ClH/c1-4-5-6-7-12-8-10-13(11-9-12)14(17)15-16(2)3;/h8-11H,4-7H2,1-3H3,(H,15,17);1H. The molecule has 0 fully saturated rings. The van der Waals surface area contributed by atoms with Gasteiger partial charge in [0.1, 0.15) is 0 Å². The van der Waals surface area contributed by atoms with Crippen LogP contribution in [-0.4, -0.2) is 20.0 Å². The van der Waals surface area contributed by atoms with Crippen LogP contribution in [0, 0.1) is 0 Å². The minimum atomic E-state index is -0.0230. The number of hydrogen-bond acceptors (Lipinski definition) is 1. The minimum Gasteiger partial charge on any atom is -1.00 e. The summed E-state index contributed by atoms with van der Waals surface area (Å²) < 4.78 is 0. The molecule has 0 spiro atoms. The molecule has 0 saturated heterocycles. The first-order valence-corrected chi connectivity index (χ1v) is 6.34. The zero-order valence-electron chi connectivity index (χ0n) is 11.4. The van der Waals surface area contributed by atoms with Gasteiger partial charge < -0.3 is 12.4 Å². The number of quaternary nitrogens is 1. The minimum absolute atomic E-state index is 0. The lowest BCUT2D eigenvalue weighted by Crippen LogP contribution is -3.13. The Balaban J connectivity index is 0.00000289. The van der Waals surface area contributed by atoms with Gasteiger partial charge in [-0.25, -0.2) is 5.01 Å². The summed E-state index contributed by atoms with van der Waals surface area (Å²) in [7, 11) is 3.77. The average Bonchev–Trinajstić information content (AvgIpc) is 2.29. The molecule has 18 heavy (non-hydrogen) atoms. The lowest BCUT2D eigenvalue weighted by Gasteiger charge is -2.08. The average molecular weight is 271 g/mol. The van der Waals surface area contributed by atoms with Gasteiger partial charge in [-0.2, -0.15) is 5.43 Å². The molecule has 0 aliphatic carbocycles. The Morgan fingerprint density at radius 1 is 1.17 bits per heavy atom. The van der Waals surface area contributed by atoms with Crippen LogP contribution in [0.3, 0.4) is 0 Å². The molecule has 0 atom stereocenters. The molecule has 3 nitrogen and oxygen atoms in total. The van der Waals surface area contributed by atoms with E-state index in [9.17, 15) is 4.79 Å². The molecule has 0 aromatic heterocycles. The third kappa shape index (κ3) is 6.03. The highest BCUT2D eigenvalue weighted by atomic mass is 35.5. The van der Waals surface area contributed by atoms with Gasteiger partial charge in [-0.3, -0.25) is 4.79 Å². The molecule has 2 N–H and O–H groups in total. The van der Waals surface area contributed by atoms with Crippen LogP contribution < -0.4 is 22.8 Å². The smallest absolute Gasteiger partial charge is 0.295 e. The van der Waals surface area contributed by atoms with Crippen molar-refractivity contribution < 1.29 is 22.2 Å². The number of carbonyl (C=O) groups is 1. The number of aryl methyl sites for hydroxylation is 1. The van der Waals surface area contributed by atoms with Gasteiger partial charge in [-0.1, -0.05) is 31.9 Å². The van der Waals surface area contributed by atoms with Gasteiger partial charge in [-0.15, -0.1) is 0 Å². The Labute approximate surface area is 116 Å². The number of carbonyl (C=O) groups excluding carboxylic acids is 1. The summed E-state index contributed by atoms with van der Waals surface area (Å²) in [6.07, 6.45) is 4.84. The first-order valence-electron chi connectivity index (χ1n) is 6.34. The summed E-state index contributed by atoms with van der Waals surface area (Å²) in [6, 6.07) is 7.91. The molecule has 0 aliphatic heterocycles. The second-order valence-electron chi connectivity index (χ2n) is 4.61. The molecule has 1 aromatic carbocycles. The normalized spacial score (nSPS) is 10.0. The Morgan fingerprint density at radius 3 is 2.28 bits per heavy atom. The predicted molar refractivity (Wildman–Crippen MR) is 69.9 cm³/mol. The topological polar surface area (TPSA) is 33.5 Å². The van der Waals surface area contributed by atoms with Crippen molar-refractivity contribution in [3.63, 3.8) is 0 Å². The lowest BCUT2D eigenvalue weighted by atomic mass is 10.1. The van der Waals surface area contributed by atoms with Crippen LogP contribution >= 0.6 is 0 Å². The second kappa shape index (κ2) is 8.95. The first-order chi connectivity index (χ1) is 8.13. The molecule has 0 radical (unpaired) electrons. The van der Waals surface area contributed by atoms with Crippen molar-refractivity contribution in [2.24, 2.45) is 0 Å². The number of nitrogens with one attached hydrogen (secondary N) is 2. The quantitative estimate of drug-likeness (QED) is 0.465. The zero-order valence-corrected chi connectivity index (χ0v) is 12.2. The predicted octanol–water partition coefficient (Wildman–Crippen LogP) is -1.79. The summed E-state index contributed by atoms with van der Waals surface area (Å²) in [5.41, 5.74) is 4.85. The van der Waals surface area contributed by atoms with Crippen molar-refractivity contribution in [2.75, 3.05) is 14.1 Å². The van der Waals surface area contributed by atoms with Crippen molar-refractivity contribution in [3.8, 4) is 0 Å². The van der Waals surface area contributed by atoms with Gasteiger partial charge in [0.2, 0.25) is 0 Å². The van der Waals surface area contributed by atoms with E-state index in [1.54, 1.807) is 0 Å². The van der Waals surface area contributed by atoms with Gasteiger partial charge in [0.05, 0.1) is 14.1 Å². The fraction of sp³-hybridized carbons (Fsp3) is 0.500. The van der Waals surface area contributed by atoms with E-state index in [2.05, 4.69) is 24.5 Å². The van der Waals surface area contributed by atoms with E-state index in [0.29, 0.717) is 0 Å². The van der Waals surface area contributed by atoms with Gasteiger partial charge in [-0.05, 0) is 30.5 Å². The zero-order chi connectivity index (χ0) is 12.7. The Bertz CT molecular complexity index is 349. The maximum absolute atomic E-state index is 11.7. The molecule has 102 valence electrons. The molecule has 1 rings (SSSR count). The SMILES string of the molecule is CCCCCc1ccc(C(=O)N[NH+](C)C)cc1.[Cl-]. The number of halogens is 1. The maximum atomic E-state index is 11.7. The van der Waals surface area contributed by atoms with Gasteiger partial charge in [0.25, 0.3) is 5.91 Å². The third-order valence-electron chi connectivity index (χ3n) is 2.65. The van der Waals surface area contributed by atoms with Crippen LogP contribution in [0.4, 0.5) is 0 Å². The molecule has 0 aliphatic rings. The number of rotatable bonds is 6. The monoisotopic (exact) mass is 270 g/mol. The molecule has 4 heteroatoms. The van der Waals surface area contributed by atoms with Gasteiger partial charge >= 0.3 is 0 Å². The van der Waals surface area contributed by atoms with Crippen molar-refractivity contribution in [3.05, 3.63) is 35.4 Å². The lowest BCUT2D eigenvalue weighted by molar-refractivity contribution is -0.895. The van der Waals surface area contributed by atoms with E-state index < -0.39 is 0 Å². The van der Waals surface area contributed by atoms with E-state index in [-0.39, 0.29) is 18.3 Å². The summed E-state index contributed by atoms with van der Waals surface area (Å²) in [6.45, 7) is 2.21. The molecule has 0 saturated carbocycles. The largest absolute Gasteiger partial charge is 1.00 e. The van der Waals surface area contributed by atoms with Crippen LogP contribution in [0.1, 0.15) is 42.1 Å². The summed E-state index contributed by atoms with van der Waals surface area (Å²) in [4.78, 5) is 11.7. The summed E-state index contributed by atoms with van der Waals surface area (Å²) in [5, 5.41) is 0.919. The van der Waals surface area contributed by atoms with E-state index in [4.69, 9.17) is 0 Å². The molecular weight excluding hydrogens is 248 g/mol. The molecule has 1 amide bonds. The van der Waals surface area contributed by atoms with Crippen molar-refractivity contribution in [1.29, 1.82) is 0 Å². The number of hydrogen-bond donors (Lipinski definition) is 2.